The van der Waals surface area contributed by atoms with E-state index in [-0.39, 0.29) is 17.6 Å². The Bertz CT molecular complexity index is 682. The molecule has 6 heteroatoms. The fraction of sp³-hybridized carbons (Fsp3) is 0.312. The maximum Gasteiger partial charge on any atom is 0.290 e. The third-order valence-corrected chi connectivity index (χ3v) is 3.71. The van der Waals surface area contributed by atoms with Crippen LogP contribution in [0.25, 0.3) is 0 Å². The molecule has 1 saturated heterocycles. The largest absolute Gasteiger partial charge is 0.459 e. The van der Waals surface area contributed by atoms with E-state index in [0.717, 1.165) is 12.0 Å². The molecule has 1 fully saturated rings. The minimum atomic E-state index is -0.486. The average Bonchev–Trinajstić information content (AvgIpc) is 3.18. The highest BCUT2D eigenvalue weighted by Gasteiger charge is 2.35. The second-order valence-corrected chi connectivity index (χ2v) is 5.34. The first-order chi connectivity index (χ1) is 10.6. The summed E-state index contributed by atoms with van der Waals surface area (Å²) in [6, 6.07) is 6.44. The number of nitrogens with one attached hydrogen (secondary N) is 1. The molecule has 0 aromatic carbocycles. The Labute approximate surface area is 128 Å². The highest BCUT2D eigenvalue weighted by atomic mass is 16.3. The van der Waals surface area contributed by atoms with Crippen LogP contribution in [0.15, 0.2) is 41.1 Å². The molecule has 114 valence electrons. The molecular formula is C16H17N3O3. The van der Waals surface area contributed by atoms with Crippen LogP contribution in [0.2, 0.25) is 0 Å². The zero-order valence-electron chi connectivity index (χ0n) is 12.3. The van der Waals surface area contributed by atoms with Gasteiger partial charge in [0.25, 0.3) is 5.91 Å². The van der Waals surface area contributed by atoms with E-state index in [9.17, 15) is 9.59 Å². The van der Waals surface area contributed by atoms with Gasteiger partial charge in [-0.2, -0.15) is 0 Å². The van der Waals surface area contributed by atoms with Gasteiger partial charge >= 0.3 is 0 Å². The van der Waals surface area contributed by atoms with Crippen LogP contribution in [0, 0.1) is 6.92 Å². The topological polar surface area (TPSA) is 75.4 Å². The van der Waals surface area contributed by atoms with Crippen molar-refractivity contribution < 1.29 is 14.0 Å². The summed E-state index contributed by atoms with van der Waals surface area (Å²) in [5.74, 6) is 0.297. The van der Waals surface area contributed by atoms with Gasteiger partial charge in [-0.05, 0) is 49.6 Å². The lowest BCUT2D eigenvalue weighted by Gasteiger charge is -2.22. The van der Waals surface area contributed by atoms with Crippen LogP contribution in [0.3, 0.4) is 0 Å². The smallest absolute Gasteiger partial charge is 0.290 e. The zero-order valence-corrected chi connectivity index (χ0v) is 12.3. The molecule has 6 nitrogen and oxygen atoms in total. The second-order valence-electron chi connectivity index (χ2n) is 5.34. The van der Waals surface area contributed by atoms with Crippen molar-refractivity contribution in [2.75, 3.05) is 11.9 Å². The number of rotatable bonds is 3. The van der Waals surface area contributed by atoms with Crippen LogP contribution in [-0.2, 0) is 4.79 Å². The fourth-order valence-corrected chi connectivity index (χ4v) is 2.64. The number of carbonyl (C=O) groups excluding carboxylic acids is 2. The number of hydrogen-bond donors (Lipinski definition) is 1. The summed E-state index contributed by atoms with van der Waals surface area (Å²) in [5, 5.41) is 2.78. The van der Waals surface area contributed by atoms with E-state index in [1.807, 2.05) is 13.0 Å². The van der Waals surface area contributed by atoms with Gasteiger partial charge < -0.3 is 14.6 Å². The molecule has 0 bridgehead atoms. The van der Waals surface area contributed by atoms with Crippen LogP contribution in [0.4, 0.5) is 5.82 Å². The molecule has 0 unspecified atom stereocenters. The number of anilines is 1. The summed E-state index contributed by atoms with van der Waals surface area (Å²) in [6.45, 7) is 2.48. The molecule has 2 aromatic rings. The molecule has 2 amide bonds. The van der Waals surface area contributed by atoms with E-state index in [4.69, 9.17) is 4.42 Å². The number of aryl methyl sites for hydroxylation is 1. The lowest BCUT2D eigenvalue weighted by molar-refractivity contribution is -0.119. The SMILES string of the molecule is Cc1ccnc(NC(=O)[C@@H]2CCCN2C(=O)c2ccco2)c1. The van der Waals surface area contributed by atoms with Crippen molar-refractivity contribution in [2.45, 2.75) is 25.8 Å². The number of aromatic nitrogens is 1. The molecule has 2 aromatic heterocycles. The second kappa shape index (κ2) is 6.01. The number of amides is 2. The lowest BCUT2D eigenvalue weighted by atomic mass is 10.2. The summed E-state index contributed by atoms with van der Waals surface area (Å²) in [6.07, 6.45) is 4.54. The fourth-order valence-electron chi connectivity index (χ4n) is 2.64. The normalized spacial score (nSPS) is 17.5. The van der Waals surface area contributed by atoms with Gasteiger partial charge in [0.05, 0.1) is 6.26 Å². The van der Waals surface area contributed by atoms with Gasteiger partial charge in [-0.3, -0.25) is 9.59 Å². The van der Waals surface area contributed by atoms with Gasteiger partial charge in [-0.15, -0.1) is 0 Å². The summed E-state index contributed by atoms with van der Waals surface area (Å²) in [4.78, 5) is 30.5. The third kappa shape index (κ3) is 2.86. The van der Waals surface area contributed by atoms with E-state index >= 15 is 0 Å². The van der Waals surface area contributed by atoms with E-state index < -0.39 is 6.04 Å². The summed E-state index contributed by atoms with van der Waals surface area (Å²) in [7, 11) is 0. The van der Waals surface area contributed by atoms with Gasteiger partial charge in [-0.1, -0.05) is 0 Å². The maximum atomic E-state index is 12.4. The Hall–Kier alpha value is -2.63. The van der Waals surface area contributed by atoms with Crippen LogP contribution >= 0.6 is 0 Å². The first-order valence-corrected chi connectivity index (χ1v) is 7.23. The van der Waals surface area contributed by atoms with Gasteiger partial charge in [0.1, 0.15) is 11.9 Å². The van der Waals surface area contributed by atoms with Crippen LogP contribution in [-0.4, -0.2) is 34.3 Å². The summed E-state index contributed by atoms with van der Waals surface area (Å²) >= 11 is 0. The minimum absolute atomic E-state index is 0.212. The van der Waals surface area contributed by atoms with Crippen molar-refractivity contribution in [1.82, 2.24) is 9.88 Å². The van der Waals surface area contributed by atoms with Gasteiger partial charge in [0.2, 0.25) is 5.91 Å². The molecule has 1 N–H and O–H groups in total. The van der Waals surface area contributed by atoms with Crippen LogP contribution in [0.5, 0.6) is 0 Å². The molecule has 0 radical (unpaired) electrons. The zero-order chi connectivity index (χ0) is 15.5. The number of hydrogen-bond acceptors (Lipinski definition) is 4. The minimum Gasteiger partial charge on any atom is -0.459 e. The monoisotopic (exact) mass is 299 g/mol. The predicted molar refractivity (Wildman–Crippen MR) is 80.4 cm³/mol. The summed E-state index contributed by atoms with van der Waals surface area (Å²) < 4.78 is 5.13. The number of likely N-dealkylation sites (tertiary alicyclic amines) is 1. The molecule has 0 spiro atoms. The number of pyridine rings is 1. The van der Waals surface area contributed by atoms with Gasteiger partial charge in [0, 0.05) is 12.7 Å². The molecule has 0 aliphatic carbocycles. The van der Waals surface area contributed by atoms with E-state index in [1.54, 1.807) is 29.3 Å². The number of furan rings is 1. The van der Waals surface area contributed by atoms with Crippen molar-refractivity contribution in [3.63, 3.8) is 0 Å². The lowest BCUT2D eigenvalue weighted by Crippen LogP contribution is -2.43. The third-order valence-electron chi connectivity index (χ3n) is 3.71. The number of nitrogens with zero attached hydrogens (tertiary/aromatic N) is 2. The van der Waals surface area contributed by atoms with Crippen molar-refractivity contribution in [3.8, 4) is 0 Å². The Morgan fingerprint density at radius 3 is 3.00 bits per heavy atom. The molecular weight excluding hydrogens is 282 g/mol. The van der Waals surface area contributed by atoms with Crippen LogP contribution < -0.4 is 5.32 Å². The highest BCUT2D eigenvalue weighted by molar-refractivity contribution is 6.00. The standard InChI is InChI=1S/C16H17N3O3/c1-11-6-7-17-14(10-11)18-15(20)12-4-2-8-19(12)16(21)13-5-3-9-22-13/h3,5-7,9-10,12H,2,4,8H2,1H3,(H,17,18,20)/t12-/m0/s1. The van der Waals surface area contributed by atoms with Crippen molar-refractivity contribution >= 4 is 17.6 Å². The molecule has 0 saturated carbocycles. The molecule has 3 heterocycles. The van der Waals surface area contributed by atoms with Crippen molar-refractivity contribution in [3.05, 3.63) is 48.0 Å². The van der Waals surface area contributed by atoms with E-state index in [0.29, 0.717) is 18.8 Å². The molecule has 1 aliphatic heterocycles. The quantitative estimate of drug-likeness (QED) is 0.943. The molecule has 1 aliphatic rings. The highest BCUT2D eigenvalue weighted by Crippen LogP contribution is 2.21. The molecule has 22 heavy (non-hydrogen) atoms. The van der Waals surface area contributed by atoms with Gasteiger partial charge in [-0.25, -0.2) is 4.98 Å². The van der Waals surface area contributed by atoms with Gasteiger partial charge in [0.15, 0.2) is 5.76 Å². The first-order valence-electron chi connectivity index (χ1n) is 7.23. The Balaban J connectivity index is 1.72. The van der Waals surface area contributed by atoms with E-state index in [1.165, 1.54) is 6.26 Å². The number of carbonyl (C=O) groups is 2. The average molecular weight is 299 g/mol. The summed E-state index contributed by atoms with van der Waals surface area (Å²) in [5.41, 5.74) is 1.01. The Morgan fingerprint density at radius 1 is 1.41 bits per heavy atom. The van der Waals surface area contributed by atoms with E-state index in [2.05, 4.69) is 10.3 Å². The Morgan fingerprint density at radius 2 is 2.27 bits per heavy atom. The van der Waals surface area contributed by atoms with Crippen LogP contribution in [0.1, 0.15) is 29.0 Å². The molecule has 1 atom stereocenters. The maximum absolute atomic E-state index is 12.4. The predicted octanol–water partition coefficient (Wildman–Crippen LogP) is 2.23. The van der Waals surface area contributed by atoms with Crippen molar-refractivity contribution in [1.29, 1.82) is 0 Å². The first kappa shape index (κ1) is 14.3. The Kier molecular flexibility index (Phi) is 3.91. The van der Waals surface area contributed by atoms with Crippen molar-refractivity contribution in [2.24, 2.45) is 0 Å². The molecule has 3 rings (SSSR count).